The Morgan fingerprint density at radius 2 is 1.12 bits per heavy atom. The Morgan fingerprint density at radius 1 is 0.688 bits per heavy atom. The van der Waals surface area contributed by atoms with Gasteiger partial charge in [-0.25, -0.2) is 0 Å². The average molecular weight is 329 g/mol. The summed E-state index contributed by atoms with van der Waals surface area (Å²) in [5.74, 6) is 2.18. The van der Waals surface area contributed by atoms with Crippen molar-refractivity contribution in [1.29, 1.82) is 0 Å². The van der Waals surface area contributed by atoms with Gasteiger partial charge in [0.1, 0.15) is 0 Å². The second-order valence-electron chi connectivity index (χ2n) is 2.18. The van der Waals surface area contributed by atoms with Gasteiger partial charge in [0.15, 0.2) is 0 Å². The van der Waals surface area contributed by atoms with Gasteiger partial charge in [-0.05, 0) is 10.8 Å². The zero-order valence-electron chi connectivity index (χ0n) is 9.00. The molecule has 0 bridgehead atoms. The maximum absolute atomic E-state index is 3.66. The molecular formula is C10H16S6. The smallest absolute Gasteiger partial charge is 0.0537 e. The van der Waals surface area contributed by atoms with Gasteiger partial charge in [0.2, 0.25) is 0 Å². The van der Waals surface area contributed by atoms with Crippen LogP contribution >= 0.6 is 66.7 Å². The highest BCUT2D eigenvalue weighted by Gasteiger charge is 1.87. The summed E-state index contributed by atoms with van der Waals surface area (Å²) in [5.41, 5.74) is 0. The first-order chi connectivity index (χ1) is 7.91. The van der Waals surface area contributed by atoms with Crippen molar-refractivity contribution < 1.29 is 0 Å². The Hall–Kier alpha value is 1.32. The Balaban J connectivity index is 3.03. The first kappa shape index (κ1) is 17.3. The molecule has 0 heterocycles. The maximum Gasteiger partial charge on any atom is 0.0537 e. The molecule has 92 valence electrons. The minimum Gasteiger partial charge on any atom is -0.123 e. The zero-order chi connectivity index (χ0) is 11.9. The van der Waals surface area contributed by atoms with Gasteiger partial charge in [-0.1, -0.05) is 68.5 Å². The molecule has 0 saturated heterocycles. The normalized spacial score (nSPS) is 10.8. The van der Waals surface area contributed by atoms with Crippen molar-refractivity contribution in [3.05, 3.63) is 36.1 Å². The lowest BCUT2D eigenvalue weighted by Crippen LogP contribution is -1.71. The summed E-state index contributed by atoms with van der Waals surface area (Å²) in [6.45, 7) is 7.33. The Morgan fingerprint density at radius 3 is 1.50 bits per heavy atom. The van der Waals surface area contributed by atoms with Crippen LogP contribution in [0.2, 0.25) is 0 Å². The predicted octanol–water partition coefficient (Wildman–Crippen LogP) is 5.97. The molecule has 0 aromatic rings. The number of thioether (sulfide) groups is 2. The zero-order valence-corrected chi connectivity index (χ0v) is 13.9. The Labute approximate surface area is 123 Å². The van der Waals surface area contributed by atoms with E-state index in [1.807, 2.05) is 54.0 Å². The first-order valence-corrected chi connectivity index (χ1v) is 11.6. The summed E-state index contributed by atoms with van der Waals surface area (Å²) in [6.07, 6.45) is 4.48. The van der Waals surface area contributed by atoms with Crippen LogP contribution in [0.4, 0.5) is 0 Å². The third kappa shape index (κ3) is 15.3. The molecule has 6 heteroatoms. The summed E-state index contributed by atoms with van der Waals surface area (Å²) in [6, 6.07) is 0. The van der Waals surface area contributed by atoms with Gasteiger partial charge in [-0.15, -0.1) is 23.5 Å². The van der Waals surface area contributed by atoms with Crippen molar-refractivity contribution in [3.63, 3.8) is 0 Å². The minimum absolute atomic E-state index is 1.09. The molecule has 0 rings (SSSR count). The van der Waals surface area contributed by atoms with Crippen molar-refractivity contribution in [2.45, 2.75) is 0 Å². The lowest BCUT2D eigenvalue weighted by atomic mass is 10.6. The molecule has 0 nitrogen and oxygen atoms in total. The molecule has 0 radical (unpaired) electrons. The van der Waals surface area contributed by atoms with Crippen molar-refractivity contribution in [3.8, 4) is 0 Å². The second-order valence-corrected chi connectivity index (χ2v) is 9.84. The van der Waals surface area contributed by atoms with Crippen molar-refractivity contribution in [1.82, 2.24) is 0 Å². The molecule has 0 aromatic carbocycles. The quantitative estimate of drug-likeness (QED) is 0.186. The third-order valence-corrected chi connectivity index (χ3v) is 8.00. The summed E-state index contributed by atoms with van der Waals surface area (Å²) in [4.78, 5) is 0. The van der Waals surface area contributed by atoms with E-state index in [-0.39, 0.29) is 0 Å². The van der Waals surface area contributed by atoms with Crippen LogP contribution < -0.4 is 0 Å². The lowest BCUT2D eigenvalue weighted by Gasteiger charge is -1.95. The molecule has 0 N–H and O–H groups in total. The average Bonchev–Trinajstić information content (AvgIpc) is 2.31. The molecular weight excluding hydrogens is 313 g/mol. The number of hydrogen-bond acceptors (Lipinski definition) is 6. The van der Waals surface area contributed by atoms with Crippen LogP contribution in [0.15, 0.2) is 36.1 Å². The molecule has 0 aliphatic rings. The van der Waals surface area contributed by atoms with Gasteiger partial charge in [-0.2, -0.15) is 0 Å². The van der Waals surface area contributed by atoms with E-state index >= 15 is 0 Å². The summed E-state index contributed by atoms with van der Waals surface area (Å²) in [5, 5.41) is 5.95. The number of hydrogen-bond donors (Lipinski definition) is 0. The van der Waals surface area contributed by atoms with E-state index in [2.05, 4.69) is 25.3 Å². The van der Waals surface area contributed by atoms with Crippen molar-refractivity contribution >= 4 is 66.7 Å². The molecule has 0 fully saturated rings. The van der Waals surface area contributed by atoms with E-state index in [1.54, 1.807) is 23.5 Å². The fraction of sp³-hybridized carbons (Fsp3) is 0.400. The highest BCUT2D eigenvalue weighted by molar-refractivity contribution is 8.78. The van der Waals surface area contributed by atoms with Crippen molar-refractivity contribution in [2.24, 2.45) is 0 Å². The van der Waals surface area contributed by atoms with Gasteiger partial charge in [0, 0.05) is 11.5 Å². The molecule has 0 aliphatic heterocycles. The van der Waals surface area contributed by atoms with Crippen molar-refractivity contribution in [2.75, 3.05) is 21.7 Å². The molecule has 0 aliphatic carbocycles. The van der Waals surface area contributed by atoms with E-state index in [0.717, 1.165) is 21.7 Å². The highest BCUT2D eigenvalue weighted by Crippen LogP contribution is 2.27. The monoisotopic (exact) mass is 328 g/mol. The van der Waals surface area contributed by atoms with Gasteiger partial charge >= 0.3 is 0 Å². The molecule has 0 spiro atoms. The summed E-state index contributed by atoms with van der Waals surface area (Å²) < 4.78 is 0. The van der Waals surface area contributed by atoms with Crippen LogP contribution in [0.1, 0.15) is 0 Å². The first-order valence-electron chi connectivity index (χ1n) is 4.50. The van der Waals surface area contributed by atoms with Gasteiger partial charge in [0.25, 0.3) is 0 Å². The van der Waals surface area contributed by atoms with Crippen LogP contribution in [0, 0.1) is 0 Å². The largest absolute Gasteiger partial charge is 0.123 e. The molecule has 0 amide bonds. The maximum atomic E-state index is 3.66. The fourth-order valence-corrected chi connectivity index (χ4v) is 6.18. The minimum atomic E-state index is 1.09. The van der Waals surface area contributed by atoms with Crippen LogP contribution in [0.25, 0.3) is 0 Å². The molecule has 0 atom stereocenters. The van der Waals surface area contributed by atoms with Crippen LogP contribution in [0.5, 0.6) is 0 Å². The molecule has 0 aromatic heterocycles. The van der Waals surface area contributed by atoms with E-state index in [4.69, 9.17) is 0 Å². The van der Waals surface area contributed by atoms with Gasteiger partial charge in [0.05, 0.1) is 10.2 Å². The molecule has 0 saturated carbocycles. The van der Waals surface area contributed by atoms with E-state index < -0.39 is 0 Å². The van der Waals surface area contributed by atoms with E-state index in [9.17, 15) is 0 Å². The van der Waals surface area contributed by atoms with E-state index in [0.29, 0.717) is 0 Å². The Kier molecular flexibility index (Phi) is 17.7. The molecule has 0 unspecified atom stereocenters. The SMILES string of the molecule is C=CSCSSCC=CCSSCSC=C. The fourth-order valence-electron chi connectivity index (χ4n) is 0.531. The Bertz CT molecular complexity index is 172. The van der Waals surface area contributed by atoms with Gasteiger partial charge < -0.3 is 0 Å². The van der Waals surface area contributed by atoms with E-state index in [1.165, 1.54) is 0 Å². The standard InChI is InChI=1S/C10H16S6/c1-3-11-9-15-13-7-5-6-8-14-16-10-12-4-2/h3-6H,1-2,7-10H2. The second kappa shape index (κ2) is 16.3. The predicted molar refractivity (Wildman–Crippen MR) is 94.5 cm³/mol. The number of rotatable bonds is 12. The summed E-state index contributed by atoms with van der Waals surface area (Å²) >= 11 is 3.50. The summed E-state index contributed by atoms with van der Waals surface area (Å²) in [7, 11) is 7.55. The van der Waals surface area contributed by atoms with Crippen LogP contribution in [0.3, 0.4) is 0 Å². The molecule has 16 heavy (non-hydrogen) atoms. The third-order valence-electron chi connectivity index (χ3n) is 1.13. The lowest BCUT2D eigenvalue weighted by molar-refractivity contribution is 1.69. The van der Waals surface area contributed by atoms with Crippen LogP contribution in [-0.2, 0) is 0 Å². The van der Waals surface area contributed by atoms with Crippen LogP contribution in [-0.4, -0.2) is 21.7 Å². The topological polar surface area (TPSA) is 0 Å². The highest BCUT2D eigenvalue weighted by atomic mass is 33.1. The van der Waals surface area contributed by atoms with Gasteiger partial charge in [-0.3, -0.25) is 0 Å².